The highest BCUT2D eigenvalue weighted by Crippen LogP contribution is 2.20. The summed E-state index contributed by atoms with van der Waals surface area (Å²) in [7, 11) is 0. The van der Waals surface area contributed by atoms with E-state index in [4.69, 9.17) is 10.5 Å². The fourth-order valence-corrected chi connectivity index (χ4v) is 2.38. The average molecular weight is 309 g/mol. The van der Waals surface area contributed by atoms with Crippen molar-refractivity contribution in [1.29, 1.82) is 0 Å². The largest absolute Gasteiger partial charge is 0.369 e. The Kier molecular flexibility index (Phi) is 5.48. The Morgan fingerprint density at radius 2 is 2.32 bits per heavy atom. The lowest BCUT2D eigenvalue weighted by atomic mass is 10.1. The molecular formula is C14H23N5O3. The van der Waals surface area contributed by atoms with Crippen LogP contribution < -0.4 is 5.73 Å². The second-order valence-electron chi connectivity index (χ2n) is 5.58. The summed E-state index contributed by atoms with van der Waals surface area (Å²) < 4.78 is 7.12. The van der Waals surface area contributed by atoms with Gasteiger partial charge in [0, 0.05) is 13.1 Å². The van der Waals surface area contributed by atoms with Gasteiger partial charge in [-0.15, -0.1) is 5.10 Å². The molecule has 1 aliphatic rings. The molecule has 2 heterocycles. The second kappa shape index (κ2) is 7.35. The highest BCUT2D eigenvalue weighted by Gasteiger charge is 2.26. The van der Waals surface area contributed by atoms with Crippen LogP contribution in [0, 0.1) is 0 Å². The van der Waals surface area contributed by atoms with Gasteiger partial charge in [-0.1, -0.05) is 6.92 Å². The zero-order chi connectivity index (χ0) is 16.1. The molecule has 0 saturated carbocycles. The molecule has 2 atom stereocenters. The molecule has 1 aliphatic heterocycles. The first-order valence-corrected chi connectivity index (χ1v) is 7.61. The van der Waals surface area contributed by atoms with Crippen molar-refractivity contribution in [2.24, 2.45) is 5.73 Å². The Hall–Kier alpha value is -1.96. The van der Waals surface area contributed by atoms with Crippen molar-refractivity contribution < 1.29 is 14.3 Å². The van der Waals surface area contributed by atoms with Crippen molar-refractivity contribution in [3.8, 4) is 0 Å². The number of nitrogens with two attached hydrogens (primary N) is 1. The molecule has 122 valence electrons. The van der Waals surface area contributed by atoms with E-state index in [0.717, 1.165) is 25.8 Å². The summed E-state index contributed by atoms with van der Waals surface area (Å²) in [5.74, 6) is -0.659. The molecule has 1 aromatic rings. The predicted octanol–water partition coefficient (Wildman–Crippen LogP) is 0.356. The predicted molar refractivity (Wildman–Crippen MR) is 79.1 cm³/mol. The van der Waals surface area contributed by atoms with Gasteiger partial charge in [0.05, 0.1) is 12.1 Å². The van der Waals surface area contributed by atoms with Gasteiger partial charge in [0.25, 0.3) is 5.91 Å². The lowest BCUT2D eigenvalue weighted by molar-refractivity contribution is -0.139. The molecule has 0 aliphatic carbocycles. The molecular weight excluding hydrogens is 286 g/mol. The van der Waals surface area contributed by atoms with Gasteiger partial charge < -0.3 is 15.4 Å². The average Bonchev–Trinajstić information content (AvgIpc) is 3.02. The van der Waals surface area contributed by atoms with Crippen molar-refractivity contribution in [1.82, 2.24) is 19.7 Å². The number of hydrogen-bond donors (Lipinski definition) is 1. The second-order valence-corrected chi connectivity index (χ2v) is 5.58. The van der Waals surface area contributed by atoms with E-state index in [9.17, 15) is 9.59 Å². The van der Waals surface area contributed by atoms with E-state index >= 15 is 0 Å². The van der Waals surface area contributed by atoms with Crippen molar-refractivity contribution in [3.63, 3.8) is 0 Å². The molecule has 0 radical (unpaired) electrons. The number of carbonyl (C=O) groups excluding carboxylic acids is 2. The quantitative estimate of drug-likeness (QED) is 0.817. The number of primary amides is 1. The number of hydrogen-bond acceptors (Lipinski definition) is 5. The van der Waals surface area contributed by atoms with Crippen LogP contribution >= 0.6 is 0 Å². The molecule has 8 nitrogen and oxygen atoms in total. The number of rotatable bonds is 6. The van der Waals surface area contributed by atoms with E-state index in [1.807, 2.05) is 13.8 Å². The zero-order valence-corrected chi connectivity index (χ0v) is 13.1. The standard InChI is InChI=1S/C14H23N5O3/c1-3-10(2)22-8-12(20)18-6-4-5-11(7-18)19-9-16-14(17-19)13(15)21/h9-11H,3-8H2,1-2H3,(H2,15,21)/t10-,11-/m1/s1. The van der Waals surface area contributed by atoms with Crippen LogP contribution in [0.4, 0.5) is 0 Å². The minimum absolute atomic E-state index is 0.00329. The van der Waals surface area contributed by atoms with Gasteiger partial charge >= 0.3 is 0 Å². The zero-order valence-electron chi connectivity index (χ0n) is 13.1. The van der Waals surface area contributed by atoms with Crippen molar-refractivity contribution >= 4 is 11.8 Å². The van der Waals surface area contributed by atoms with Crippen LogP contribution in [-0.4, -0.2) is 57.3 Å². The number of nitrogens with zero attached hydrogens (tertiary/aromatic N) is 4. The van der Waals surface area contributed by atoms with Crippen LogP contribution in [-0.2, 0) is 9.53 Å². The number of ether oxygens (including phenoxy) is 1. The summed E-state index contributed by atoms with van der Waals surface area (Å²) in [6, 6.07) is 0.0156. The molecule has 1 aromatic heterocycles. The topological polar surface area (TPSA) is 103 Å². The summed E-state index contributed by atoms with van der Waals surface area (Å²) in [6.45, 7) is 5.34. The fourth-order valence-electron chi connectivity index (χ4n) is 2.38. The molecule has 22 heavy (non-hydrogen) atoms. The van der Waals surface area contributed by atoms with Crippen LogP contribution in [0.15, 0.2) is 6.33 Å². The summed E-state index contributed by atoms with van der Waals surface area (Å²) in [6.07, 6.45) is 4.22. The molecule has 2 rings (SSSR count). The van der Waals surface area contributed by atoms with E-state index in [2.05, 4.69) is 10.1 Å². The third-order valence-corrected chi connectivity index (χ3v) is 3.92. The maximum Gasteiger partial charge on any atom is 0.288 e. The van der Waals surface area contributed by atoms with Crippen molar-refractivity contribution in [2.75, 3.05) is 19.7 Å². The van der Waals surface area contributed by atoms with E-state index < -0.39 is 5.91 Å². The van der Waals surface area contributed by atoms with Crippen molar-refractivity contribution in [3.05, 3.63) is 12.2 Å². The first kappa shape index (κ1) is 16.4. The van der Waals surface area contributed by atoms with E-state index in [1.54, 1.807) is 9.58 Å². The normalized spacial score (nSPS) is 19.9. The number of aromatic nitrogens is 3. The molecule has 2 N–H and O–H groups in total. The Bertz CT molecular complexity index is 530. The number of amides is 2. The number of piperidine rings is 1. The highest BCUT2D eigenvalue weighted by atomic mass is 16.5. The van der Waals surface area contributed by atoms with Crippen LogP contribution in [0.25, 0.3) is 0 Å². The third-order valence-electron chi connectivity index (χ3n) is 3.92. The summed E-state index contributed by atoms with van der Waals surface area (Å²) in [5.41, 5.74) is 5.15. The Morgan fingerprint density at radius 1 is 1.55 bits per heavy atom. The van der Waals surface area contributed by atoms with E-state index in [1.165, 1.54) is 6.33 Å². The van der Waals surface area contributed by atoms with E-state index in [-0.39, 0.29) is 30.5 Å². The minimum atomic E-state index is -0.649. The van der Waals surface area contributed by atoms with Gasteiger partial charge in [-0.25, -0.2) is 9.67 Å². The Morgan fingerprint density at radius 3 is 2.95 bits per heavy atom. The molecule has 0 aromatic carbocycles. The van der Waals surface area contributed by atoms with Crippen LogP contribution in [0.2, 0.25) is 0 Å². The molecule has 1 fully saturated rings. The molecule has 8 heteroatoms. The van der Waals surface area contributed by atoms with Gasteiger partial charge in [-0.05, 0) is 26.2 Å². The van der Waals surface area contributed by atoms with Gasteiger partial charge in [0.2, 0.25) is 11.7 Å². The SMILES string of the molecule is CC[C@@H](C)OCC(=O)N1CCC[C@@H](n2cnc(C(N)=O)n2)C1. The monoisotopic (exact) mass is 309 g/mol. The molecule has 2 amide bonds. The first-order chi connectivity index (χ1) is 10.5. The van der Waals surface area contributed by atoms with Crippen LogP contribution in [0.1, 0.15) is 49.8 Å². The van der Waals surface area contributed by atoms with Gasteiger partial charge in [0.1, 0.15) is 12.9 Å². The van der Waals surface area contributed by atoms with Gasteiger partial charge in [-0.2, -0.15) is 0 Å². The van der Waals surface area contributed by atoms with Gasteiger partial charge in [0.15, 0.2) is 0 Å². The fraction of sp³-hybridized carbons (Fsp3) is 0.714. The lowest BCUT2D eigenvalue weighted by Gasteiger charge is -2.32. The molecule has 0 unspecified atom stereocenters. The van der Waals surface area contributed by atoms with Gasteiger partial charge in [-0.3, -0.25) is 9.59 Å². The third kappa shape index (κ3) is 4.03. The lowest BCUT2D eigenvalue weighted by Crippen LogP contribution is -2.43. The number of carbonyl (C=O) groups is 2. The van der Waals surface area contributed by atoms with Crippen LogP contribution in [0.5, 0.6) is 0 Å². The Balaban J connectivity index is 1.93. The molecule has 1 saturated heterocycles. The first-order valence-electron chi connectivity index (χ1n) is 7.61. The summed E-state index contributed by atoms with van der Waals surface area (Å²) in [5, 5.41) is 4.08. The smallest absolute Gasteiger partial charge is 0.288 e. The summed E-state index contributed by atoms with van der Waals surface area (Å²) in [4.78, 5) is 28.9. The molecule has 0 spiro atoms. The van der Waals surface area contributed by atoms with Crippen LogP contribution in [0.3, 0.4) is 0 Å². The summed E-state index contributed by atoms with van der Waals surface area (Å²) >= 11 is 0. The number of likely N-dealkylation sites (tertiary alicyclic amines) is 1. The highest BCUT2D eigenvalue weighted by molar-refractivity contribution is 5.88. The minimum Gasteiger partial charge on any atom is -0.369 e. The van der Waals surface area contributed by atoms with E-state index in [0.29, 0.717) is 6.54 Å². The maximum absolute atomic E-state index is 12.2. The maximum atomic E-state index is 12.2. The molecule has 0 bridgehead atoms. The van der Waals surface area contributed by atoms with Crippen molar-refractivity contribution in [2.45, 2.75) is 45.3 Å². The Labute approximate surface area is 129 Å².